The van der Waals surface area contributed by atoms with Crippen LogP contribution in [0.2, 0.25) is 0 Å². The van der Waals surface area contributed by atoms with Gasteiger partial charge in [0.2, 0.25) is 0 Å². The molecule has 0 radical (unpaired) electrons. The van der Waals surface area contributed by atoms with E-state index in [-0.39, 0.29) is 47.5 Å². The largest absolute Gasteiger partial charge is 0.506 e. The molecule has 1 aromatic heterocycles. The summed E-state index contributed by atoms with van der Waals surface area (Å²) in [6, 6.07) is 13.8. The van der Waals surface area contributed by atoms with Crippen LogP contribution in [0.1, 0.15) is 54.4 Å². The molecule has 0 saturated heterocycles. The van der Waals surface area contributed by atoms with Gasteiger partial charge in [0.1, 0.15) is 28.7 Å². The number of ketones is 1. The first kappa shape index (κ1) is 30.9. The highest BCUT2D eigenvalue weighted by molar-refractivity contribution is 7.91. The Bertz CT molecular complexity index is 1750. The highest BCUT2D eigenvalue weighted by Crippen LogP contribution is 2.36. The first-order valence-corrected chi connectivity index (χ1v) is 15.8. The highest BCUT2D eigenvalue weighted by atomic mass is 32.2. The van der Waals surface area contributed by atoms with Gasteiger partial charge in [-0.3, -0.25) is 24.3 Å². The fraction of sp³-hybridized carbons (Fsp3) is 0.312. The first-order valence-electron chi connectivity index (χ1n) is 14.1. The van der Waals surface area contributed by atoms with Crippen LogP contribution in [0.5, 0.6) is 5.75 Å². The number of halogens is 1. The minimum atomic E-state index is -4.22. The number of sulfone groups is 1. The van der Waals surface area contributed by atoms with Crippen LogP contribution in [0, 0.1) is 5.82 Å². The third-order valence-corrected chi connectivity index (χ3v) is 9.63. The van der Waals surface area contributed by atoms with Gasteiger partial charge in [-0.1, -0.05) is 45.0 Å². The third-order valence-electron chi connectivity index (χ3n) is 7.75. The van der Waals surface area contributed by atoms with Gasteiger partial charge in [-0.2, -0.15) is 0 Å². The number of hydrogen-bond donors (Lipinski definition) is 3. The lowest BCUT2D eigenvalue weighted by Crippen LogP contribution is -2.53. The van der Waals surface area contributed by atoms with Crippen LogP contribution in [-0.2, 0) is 37.0 Å². The van der Waals surface area contributed by atoms with Crippen LogP contribution in [0.15, 0.2) is 78.3 Å². The fourth-order valence-corrected chi connectivity index (χ4v) is 7.08. The summed E-state index contributed by atoms with van der Waals surface area (Å²) in [7, 11) is -4.22. The number of nitrogens with one attached hydrogen (secondary N) is 2. The highest BCUT2D eigenvalue weighted by Gasteiger charge is 2.49. The molecular weight excluding hydrogens is 587 g/mol. The maximum Gasteiger partial charge on any atom is 0.251 e. The predicted octanol–water partition coefficient (Wildman–Crippen LogP) is 3.12. The standard InChI is InChI=1S/C32H33FN4O6S/c1-32(2,3)21-10-8-20(9-11-21)30(40)36-24(15-19-6-12-22(33)13-7-19)31(41)37-28(16-23-29(37)27(39)17-35-23)44(42,43)18-25-26(38)5-4-14-34-25/h4-14,24,28,35,38H,15-18H2,1-3H3,(H,36,40). The van der Waals surface area contributed by atoms with E-state index in [2.05, 4.69) is 15.6 Å². The number of aromatic nitrogens is 1. The Morgan fingerprint density at radius 3 is 2.43 bits per heavy atom. The van der Waals surface area contributed by atoms with Crippen LogP contribution in [0.4, 0.5) is 4.39 Å². The Morgan fingerprint density at radius 1 is 1.11 bits per heavy atom. The van der Waals surface area contributed by atoms with E-state index in [1.165, 1.54) is 42.6 Å². The van der Waals surface area contributed by atoms with Crippen molar-refractivity contribution in [2.24, 2.45) is 0 Å². The predicted molar refractivity (Wildman–Crippen MR) is 160 cm³/mol. The van der Waals surface area contributed by atoms with Gasteiger partial charge in [0.25, 0.3) is 11.8 Å². The summed E-state index contributed by atoms with van der Waals surface area (Å²) in [5, 5.41) is 14.3. The van der Waals surface area contributed by atoms with Crippen molar-refractivity contribution in [2.45, 2.75) is 56.2 Å². The smallest absolute Gasteiger partial charge is 0.251 e. The average molecular weight is 621 g/mol. The number of carbonyl (C=O) groups excluding carboxylic acids is 3. The molecule has 12 heteroatoms. The summed E-state index contributed by atoms with van der Waals surface area (Å²) in [6.45, 7) is 6.02. The molecule has 2 aromatic carbocycles. The van der Waals surface area contributed by atoms with Crippen LogP contribution in [-0.4, -0.2) is 59.0 Å². The molecule has 44 heavy (non-hydrogen) atoms. The van der Waals surface area contributed by atoms with Gasteiger partial charge < -0.3 is 15.7 Å². The van der Waals surface area contributed by atoms with E-state index in [0.717, 1.165) is 10.5 Å². The Labute approximate surface area is 254 Å². The molecule has 0 bridgehead atoms. The van der Waals surface area contributed by atoms with E-state index in [1.54, 1.807) is 12.1 Å². The van der Waals surface area contributed by atoms with E-state index in [4.69, 9.17) is 0 Å². The van der Waals surface area contributed by atoms with E-state index in [1.807, 2.05) is 32.9 Å². The van der Waals surface area contributed by atoms with Crippen LogP contribution in [0.25, 0.3) is 0 Å². The SMILES string of the molecule is CC(C)(C)c1ccc(C(=O)NC(Cc2ccc(F)cc2)C(=O)N2C3=C(CC2S(=O)(=O)Cc2ncccc2O)NCC3=O)cc1. The third kappa shape index (κ3) is 6.35. The zero-order chi connectivity index (χ0) is 31.8. The molecule has 2 aliphatic rings. The van der Waals surface area contributed by atoms with Gasteiger partial charge >= 0.3 is 0 Å². The molecule has 2 aliphatic heterocycles. The lowest BCUT2D eigenvalue weighted by atomic mass is 9.86. The molecule has 0 spiro atoms. The first-order chi connectivity index (χ1) is 20.7. The summed E-state index contributed by atoms with van der Waals surface area (Å²) < 4.78 is 41.2. The molecule has 230 valence electrons. The van der Waals surface area contributed by atoms with Crippen molar-refractivity contribution < 1.29 is 32.3 Å². The summed E-state index contributed by atoms with van der Waals surface area (Å²) >= 11 is 0. The second-order valence-electron chi connectivity index (χ2n) is 11.9. The van der Waals surface area contributed by atoms with Gasteiger partial charge in [0.05, 0.1) is 18.0 Å². The summed E-state index contributed by atoms with van der Waals surface area (Å²) in [5.74, 6) is -3.34. The summed E-state index contributed by atoms with van der Waals surface area (Å²) in [6.07, 6.45) is 1.07. The monoisotopic (exact) mass is 620 g/mol. The van der Waals surface area contributed by atoms with Crippen LogP contribution in [0.3, 0.4) is 0 Å². The Morgan fingerprint density at radius 2 is 1.80 bits per heavy atom. The van der Waals surface area contributed by atoms with E-state index < -0.39 is 50.4 Å². The molecule has 2 unspecified atom stereocenters. The van der Waals surface area contributed by atoms with Crippen LogP contribution >= 0.6 is 0 Å². The molecule has 5 rings (SSSR count). The minimum absolute atomic E-state index is 0.0679. The average Bonchev–Trinajstić information content (AvgIpc) is 3.54. The van der Waals surface area contributed by atoms with Gasteiger partial charge in [0.15, 0.2) is 15.6 Å². The summed E-state index contributed by atoms with van der Waals surface area (Å²) in [5.41, 5.74) is 1.80. The maximum atomic E-state index is 14.3. The number of carbonyl (C=O) groups is 3. The molecule has 0 saturated carbocycles. The maximum absolute atomic E-state index is 14.3. The van der Waals surface area contributed by atoms with Crippen molar-refractivity contribution in [2.75, 3.05) is 6.54 Å². The van der Waals surface area contributed by atoms with Gasteiger partial charge in [-0.05, 0) is 52.9 Å². The number of pyridine rings is 1. The molecule has 2 amide bonds. The number of aromatic hydroxyl groups is 1. The molecule has 0 fully saturated rings. The van der Waals surface area contributed by atoms with Crippen molar-refractivity contribution in [3.8, 4) is 5.75 Å². The number of hydrogen-bond acceptors (Lipinski definition) is 8. The minimum Gasteiger partial charge on any atom is -0.506 e. The second kappa shape index (κ2) is 11.8. The van der Waals surface area contributed by atoms with Gasteiger partial charge in [-0.15, -0.1) is 0 Å². The summed E-state index contributed by atoms with van der Waals surface area (Å²) in [4.78, 5) is 45.6. The van der Waals surface area contributed by atoms with Crippen molar-refractivity contribution >= 4 is 27.4 Å². The van der Waals surface area contributed by atoms with E-state index in [0.29, 0.717) is 11.3 Å². The molecule has 2 atom stereocenters. The number of amides is 2. The fourth-order valence-electron chi connectivity index (χ4n) is 5.34. The Hall–Kier alpha value is -4.58. The topological polar surface area (TPSA) is 146 Å². The molecule has 3 aromatic rings. The Kier molecular flexibility index (Phi) is 8.30. The van der Waals surface area contributed by atoms with Crippen molar-refractivity contribution in [3.05, 3.63) is 106 Å². The van der Waals surface area contributed by atoms with Crippen molar-refractivity contribution in [1.29, 1.82) is 0 Å². The normalized spacial score (nSPS) is 17.3. The lowest BCUT2D eigenvalue weighted by molar-refractivity contribution is -0.133. The Balaban J connectivity index is 1.49. The number of Topliss-reactive ketones (excluding diaryl/α,β-unsaturated/α-hetero) is 1. The quantitative estimate of drug-likeness (QED) is 0.348. The molecule has 10 nitrogen and oxygen atoms in total. The molecular formula is C32H33FN4O6S. The van der Waals surface area contributed by atoms with Gasteiger partial charge in [-0.25, -0.2) is 12.8 Å². The van der Waals surface area contributed by atoms with Crippen molar-refractivity contribution in [3.63, 3.8) is 0 Å². The van der Waals surface area contributed by atoms with E-state index >= 15 is 0 Å². The van der Waals surface area contributed by atoms with Crippen molar-refractivity contribution in [1.82, 2.24) is 20.5 Å². The van der Waals surface area contributed by atoms with Gasteiger partial charge in [0, 0.05) is 30.3 Å². The molecule has 3 N–H and O–H groups in total. The lowest BCUT2D eigenvalue weighted by Gasteiger charge is -2.31. The van der Waals surface area contributed by atoms with Crippen LogP contribution < -0.4 is 10.6 Å². The number of benzene rings is 2. The number of nitrogens with zero attached hydrogens (tertiary/aromatic N) is 2. The molecule has 3 heterocycles. The van der Waals surface area contributed by atoms with E-state index in [9.17, 15) is 32.3 Å². The zero-order valence-corrected chi connectivity index (χ0v) is 25.3. The molecule has 0 aliphatic carbocycles. The zero-order valence-electron chi connectivity index (χ0n) is 24.5. The second-order valence-corrected chi connectivity index (χ2v) is 14.1. The number of rotatable bonds is 8.